The molecule has 0 unspecified atom stereocenters. The SMILES string of the molecule is C=CCCn1c(SCC(=O)O)nc2cc(Cl)ccc21. The molecule has 6 heteroatoms. The Hall–Kier alpha value is -1.46. The van der Waals surface area contributed by atoms with Crippen LogP contribution in [0.15, 0.2) is 36.0 Å². The molecule has 1 N–H and O–H groups in total. The van der Waals surface area contributed by atoms with Crippen LogP contribution in [0.3, 0.4) is 0 Å². The molecular formula is C13H13ClN2O2S. The first kappa shape index (κ1) is 14.0. The lowest BCUT2D eigenvalue weighted by atomic mass is 10.3. The van der Waals surface area contributed by atoms with Gasteiger partial charge in [0.1, 0.15) is 0 Å². The maximum absolute atomic E-state index is 10.7. The van der Waals surface area contributed by atoms with E-state index >= 15 is 0 Å². The molecule has 0 atom stereocenters. The van der Waals surface area contributed by atoms with Crippen molar-refractivity contribution in [3.8, 4) is 0 Å². The zero-order chi connectivity index (χ0) is 13.8. The number of aryl methyl sites for hydroxylation is 1. The van der Waals surface area contributed by atoms with Gasteiger partial charge >= 0.3 is 5.97 Å². The number of rotatable bonds is 6. The summed E-state index contributed by atoms with van der Waals surface area (Å²) in [7, 11) is 0. The summed E-state index contributed by atoms with van der Waals surface area (Å²) in [6.07, 6.45) is 2.63. The fourth-order valence-electron chi connectivity index (χ4n) is 1.75. The number of thioether (sulfide) groups is 1. The molecule has 2 aromatic rings. The molecule has 0 aliphatic heterocycles. The van der Waals surface area contributed by atoms with Crippen LogP contribution in [0.4, 0.5) is 0 Å². The molecule has 0 aliphatic rings. The van der Waals surface area contributed by atoms with E-state index in [-0.39, 0.29) is 5.75 Å². The smallest absolute Gasteiger partial charge is 0.313 e. The number of hydrogen-bond acceptors (Lipinski definition) is 3. The average Bonchev–Trinajstić information content (AvgIpc) is 2.70. The molecule has 19 heavy (non-hydrogen) atoms. The second-order valence-corrected chi connectivity index (χ2v) is 5.32. The number of aliphatic carboxylic acids is 1. The Kier molecular flexibility index (Phi) is 4.50. The van der Waals surface area contributed by atoms with E-state index in [4.69, 9.17) is 16.7 Å². The van der Waals surface area contributed by atoms with Gasteiger partial charge in [-0.05, 0) is 24.6 Å². The summed E-state index contributed by atoms with van der Waals surface area (Å²) < 4.78 is 2.00. The summed E-state index contributed by atoms with van der Waals surface area (Å²) in [4.78, 5) is 15.1. The number of hydrogen-bond donors (Lipinski definition) is 1. The minimum Gasteiger partial charge on any atom is -0.481 e. The van der Waals surface area contributed by atoms with Crippen molar-refractivity contribution >= 4 is 40.4 Å². The maximum atomic E-state index is 10.7. The van der Waals surface area contributed by atoms with E-state index in [1.165, 1.54) is 11.8 Å². The van der Waals surface area contributed by atoms with Crippen LogP contribution in [0.1, 0.15) is 6.42 Å². The van der Waals surface area contributed by atoms with Crippen LogP contribution in [-0.4, -0.2) is 26.4 Å². The number of allylic oxidation sites excluding steroid dienone is 1. The van der Waals surface area contributed by atoms with Crippen LogP contribution in [0.2, 0.25) is 5.02 Å². The number of nitrogens with zero attached hydrogens (tertiary/aromatic N) is 2. The highest BCUT2D eigenvalue weighted by molar-refractivity contribution is 7.99. The van der Waals surface area contributed by atoms with Crippen molar-refractivity contribution in [2.75, 3.05) is 5.75 Å². The van der Waals surface area contributed by atoms with Crippen LogP contribution in [0.5, 0.6) is 0 Å². The number of aromatic nitrogens is 2. The first-order valence-corrected chi connectivity index (χ1v) is 7.09. The van der Waals surface area contributed by atoms with Crippen molar-refractivity contribution in [3.63, 3.8) is 0 Å². The lowest BCUT2D eigenvalue weighted by Crippen LogP contribution is -2.03. The molecule has 0 saturated carbocycles. The van der Waals surface area contributed by atoms with Gasteiger partial charge in [-0.25, -0.2) is 4.98 Å². The average molecular weight is 297 g/mol. The quantitative estimate of drug-likeness (QED) is 0.655. The minimum atomic E-state index is -0.856. The number of benzene rings is 1. The van der Waals surface area contributed by atoms with Crippen molar-refractivity contribution in [3.05, 3.63) is 35.9 Å². The van der Waals surface area contributed by atoms with Gasteiger partial charge in [0.05, 0.1) is 16.8 Å². The fraction of sp³-hybridized carbons (Fsp3) is 0.231. The molecule has 4 nitrogen and oxygen atoms in total. The van der Waals surface area contributed by atoms with E-state index in [2.05, 4.69) is 11.6 Å². The van der Waals surface area contributed by atoms with Crippen LogP contribution in [0.25, 0.3) is 11.0 Å². The van der Waals surface area contributed by atoms with Crippen LogP contribution in [-0.2, 0) is 11.3 Å². The maximum Gasteiger partial charge on any atom is 0.313 e. The number of carboxylic acid groups (broad SMARTS) is 1. The van der Waals surface area contributed by atoms with Crippen molar-refractivity contribution in [1.82, 2.24) is 9.55 Å². The lowest BCUT2D eigenvalue weighted by Gasteiger charge is -2.06. The Balaban J connectivity index is 2.41. The van der Waals surface area contributed by atoms with Gasteiger partial charge in [0.25, 0.3) is 0 Å². The summed E-state index contributed by atoms with van der Waals surface area (Å²) in [6, 6.07) is 5.49. The van der Waals surface area contributed by atoms with Crippen LogP contribution < -0.4 is 0 Å². The van der Waals surface area contributed by atoms with Gasteiger partial charge < -0.3 is 9.67 Å². The molecule has 0 bridgehead atoms. The monoisotopic (exact) mass is 296 g/mol. The van der Waals surface area contributed by atoms with Crippen molar-refractivity contribution in [2.45, 2.75) is 18.1 Å². The second-order valence-electron chi connectivity index (χ2n) is 3.94. The van der Waals surface area contributed by atoms with E-state index in [0.29, 0.717) is 10.2 Å². The zero-order valence-electron chi connectivity index (χ0n) is 10.2. The summed E-state index contributed by atoms with van der Waals surface area (Å²) in [5.41, 5.74) is 1.74. The van der Waals surface area contributed by atoms with Gasteiger partial charge in [-0.3, -0.25) is 4.79 Å². The third-order valence-corrected chi connectivity index (χ3v) is 3.75. The van der Waals surface area contributed by atoms with Gasteiger partial charge in [-0.2, -0.15) is 0 Å². The van der Waals surface area contributed by atoms with Gasteiger partial charge in [0, 0.05) is 11.6 Å². The number of imidazole rings is 1. The highest BCUT2D eigenvalue weighted by atomic mass is 35.5. The summed E-state index contributed by atoms with van der Waals surface area (Å²) in [5.74, 6) is -0.865. The first-order valence-electron chi connectivity index (χ1n) is 5.73. The molecule has 0 radical (unpaired) electrons. The van der Waals surface area contributed by atoms with Crippen molar-refractivity contribution in [2.24, 2.45) is 0 Å². The fourth-order valence-corrected chi connectivity index (χ4v) is 2.68. The topological polar surface area (TPSA) is 55.1 Å². The van der Waals surface area contributed by atoms with Gasteiger partial charge in [0.2, 0.25) is 0 Å². The normalized spacial score (nSPS) is 10.8. The van der Waals surface area contributed by atoms with E-state index in [9.17, 15) is 4.79 Å². The largest absolute Gasteiger partial charge is 0.481 e. The third kappa shape index (κ3) is 3.30. The first-order chi connectivity index (χ1) is 9.11. The number of halogens is 1. The molecule has 1 aromatic heterocycles. The van der Waals surface area contributed by atoms with E-state index in [1.54, 1.807) is 6.07 Å². The molecule has 2 rings (SSSR count). The minimum absolute atomic E-state index is 0.00879. The van der Waals surface area contributed by atoms with Crippen molar-refractivity contribution in [1.29, 1.82) is 0 Å². The molecule has 0 saturated heterocycles. The molecule has 0 aliphatic carbocycles. The predicted molar refractivity (Wildman–Crippen MR) is 77.9 cm³/mol. The number of fused-ring (bicyclic) bond motifs is 1. The highest BCUT2D eigenvalue weighted by Crippen LogP contribution is 2.26. The molecule has 0 amide bonds. The number of carbonyl (C=O) groups is 1. The molecule has 1 aromatic carbocycles. The molecule has 0 spiro atoms. The Labute approximate surface area is 120 Å². The summed E-state index contributed by atoms with van der Waals surface area (Å²) >= 11 is 7.16. The lowest BCUT2D eigenvalue weighted by molar-refractivity contribution is -0.133. The summed E-state index contributed by atoms with van der Waals surface area (Å²) in [5, 5.41) is 10.1. The Bertz CT molecular complexity index is 624. The second kappa shape index (κ2) is 6.12. The Morgan fingerprint density at radius 2 is 2.37 bits per heavy atom. The van der Waals surface area contributed by atoms with Crippen molar-refractivity contribution < 1.29 is 9.90 Å². The molecule has 0 fully saturated rings. The predicted octanol–water partition coefficient (Wildman–Crippen LogP) is 3.44. The van der Waals surface area contributed by atoms with Gasteiger partial charge in [0.15, 0.2) is 5.16 Å². The third-order valence-electron chi connectivity index (χ3n) is 2.56. The molecule has 100 valence electrons. The number of carboxylic acids is 1. The van der Waals surface area contributed by atoms with Crippen LogP contribution in [0, 0.1) is 0 Å². The highest BCUT2D eigenvalue weighted by Gasteiger charge is 2.12. The standard InChI is InChI=1S/C13H13ClN2O2S/c1-2-3-6-16-11-5-4-9(14)7-10(11)15-13(16)19-8-12(17)18/h2,4-5,7H,1,3,6,8H2,(H,17,18). The van der Waals surface area contributed by atoms with E-state index in [1.807, 2.05) is 22.8 Å². The Morgan fingerprint density at radius 1 is 1.58 bits per heavy atom. The van der Waals surface area contributed by atoms with Crippen LogP contribution >= 0.6 is 23.4 Å². The zero-order valence-corrected chi connectivity index (χ0v) is 11.7. The molecule has 1 heterocycles. The Morgan fingerprint density at radius 3 is 3.05 bits per heavy atom. The van der Waals surface area contributed by atoms with E-state index < -0.39 is 5.97 Å². The molecular weight excluding hydrogens is 284 g/mol. The summed E-state index contributed by atoms with van der Waals surface area (Å²) in [6.45, 7) is 4.43. The van der Waals surface area contributed by atoms with Gasteiger partial charge in [-0.15, -0.1) is 6.58 Å². The van der Waals surface area contributed by atoms with Gasteiger partial charge in [-0.1, -0.05) is 29.4 Å². The van der Waals surface area contributed by atoms with E-state index in [0.717, 1.165) is 24.0 Å².